The summed E-state index contributed by atoms with van der Waals surface area (Å²) in [7, 11) is 0. The Morgan fingerprint density at radius 3 is 2.83 bits per heavy atom. The Kier molecular flexibility index (Phi) is 4.72. The third-order valence-electron chi connectivity index (χ3n) is 6.24. The topological polar surface area (TPSA) is 64.7 Å². The van der Waals surface area contributed by atoms with Gasteiger partial charge in [-0.15, -0.1) is 0 Å². The highest BCUT2D eigenvalue weighted by molar-refractivity contribution is 6.06. The first-order chi connectivity index (χ1) is 14.2. The van der Waals surface area contributed by atoms with Gasteiger partial charge in [0.15, 0.2) is 0 Å². The van der Waals surface area contributed by atoms with E-state index in [2.05, 4.69) is 44.7 Å². The Morgan fingerprint density at radius 1 is 1.10 bits per heavy atom. The fourth-order valence-corrected chi connectivity index (χ4v) is 4.78. The Hall–Kier alpha value is -2.86. The van der Waals surface area contributed by atoms with Crippen molar-refractivity contribution < 1.29 is 9.59 Å². The van der Waals surface area contributed by atoms with Crippen LogP contribution in [0.25, 0.3) is 0 Å². The van der Waals surface area contributed by atoms with Crippen LogP contribution in [-0.2, 0) is 11.3 Å². The van der Waals surface area contributed by atoms with Gasteiger partial charge in [0.25, 0.3) is 5.91 Å². The van der Waals surface area contributed by atoms with E-state index in [1.807, 2.05) is 24.3 Å². The summed E-state index contributed by atoms with van der Waals surface area (Å²) in [5, 5.41) is 6.15. The maximum Gasteiger partial charge on any atom is 0.251 e. The van der Waals surface area contributed by atoms with Crippen LogP contribution in [0.3, 0.4) is 0 Å². The second-order valence-electron chi connectivity index (χ2n) is 8.25. The fourth-order valence-electron chi connectivity index (χ4n) is 4.78. The molecule has 0 bridgehead atoms. The van der Waals surface area contributed by atoms with E-state index in [4.69, 9.17) is 0 Å². The van der Waals surface area contributed by atoms with Crippen molar-refractivity contribution in [3.05, 3.63) is 59.7 Å². The maximum atomic E-state index is 12.8. The van der Waals surface area contributed by atoms with Crippen LogP contribution in [0.15, 0.2) is 48.5 Å². The Labute approximate surface area is 170 Å². The van der Waals surface area contributed by atoms with Gasteiger partial charge in [-0.05, 0) is 43.0 Å². The zero-order valence-electron chi connectivity index (χ0n) is 16.4. The highest BCUT2D eigenvalue weighted by Crippen LogP contribution is 2.37. The Balaban J connectivity index is 1.23. The van der Waals surface area contributed by atoms with E-state index >= 15 is 0 Å². The highest BCUT2D eigenvalue weighted by Gasteiger charge is 2.36. The smallest absolute Gasteiger partial charge is 0.251 e. The van der Waals surface area contributed by atoms with E-state index in [0.29, 0.717) is 5.56 Å². The second kappa shape index (κ2) is 7.52. The molecule has 5 rings (SSSR count). The third kappa shape index (κ3) is 3.60. The predicted octanol–water partition coefficient (Wildman–Crippen LogP) is 2.61. The molecule has 2 N–H and O–H groups in total. The van der Waals surface area contributed by atoms with E-state index in [1.54, 1.807) is 0 Å². The molecule has 6 nitrogen and oxygen atoms in total. The van der Waals surface area contributed by atoms with E-state index in [9.17, 15) is 9.59 Å². The molecule has 2 atom stereocenters. The van der Waals surface area contributed by atoms with Gasteiger partial charge in [0.05, 0.1) is 11.4 Å². The largest absolute Gasteiger partial charge is 0.358 e. The zero-order chi connectivity index (χ0) is 19.8. The molecule has 2 aromatic carbocycles. The van der Waals surface area contributed by atoms with E-state index in [1.165, 1.54) is 5.56 Å². The molecule has 0 unspecified atom stereocenters. The minimum atomic E-state index is -0.0721. The number of anilines is 2. The molecule has 29 heavy (non-hydrogen) atoms. The molecule has 3 heterocycles. The van der Waals surface area contributed by atoms with Crippen LogP contribution in [-0.4, -0.2) is 48.4 Å². The van der Waals surface area contributed by atoms with Gasteiger partial charge >= 0.3 is 0 Å². The molecule has 3 aliphatic heterocycles. The molecular weight excluding hydrogens is 364 g/mol. The molecule has 2 amide bonds. The second-order valence-corrected chi connectivity index (χ2v) is 8.25. The number of likely N-dealkylation sites (tertiary alicyclic amines) is 1. The minimum absolute atomic E-state index is 0.0416. The van der Waals surface area contributed by atoms with Crippen molar-refractivity contribution in [2.75, 3.05) is 29.9 Å². The number of hydrogen-bond donors (Lipinski definition) is 2. The SMILES string of the molecule is O=C(N[C@@H]1CCN(Cc2ccccc2)C1)c1ccc2c(c1)NC(=O)[C@H]1CCCN21. The van der Waals surface area contributed by atoms with E-state index in [-0.39, 0.29) is 23.9 Å². The van der Waals surface area contributed by atoms with E-state index in [0.717, 1.165) is 56.8 Å². The quantitative estimate of drug-likeness (QED) is 0.842. The molecular formula is C23H26N4O2. The van der Waals surface area contributed by atoms with Gasteiger partial charge in [0.1, 0.15) is 6.04 Å². The number of amides is 2. The number of carbonyl (C=O) groups excluding carboxylic acids is 2. The molecule has 0 spiro atoms. The van der Waals surface area contributed by atoms with Crippen molar-refractivity contribution in [2.45, 2.75) is 37.9 Å². The zero-order valence-corrected chi connectivity index (χ0v) is 16.4. The van der Waals surface area contributed by atoms with Crippen molar-refractivity contribution in [3.63, 3.8) is 0 Å². The van der Waals surface area contributed by atoms with Gasteiger partial charge in [-0.1, -0.05) is 30.3 Å². The lowest BCUT2D eigenvalue weighted by Crippen LogP contribution is -2.44. The first-order valence-electron chi connectivity index (χ1n) is 10.5. The third-order valence-corrected chi connectivity index (χ3v) is 6.24. The number of carbonyl (C=O) groups is 2. The summed E-state index contributed by atoms with van der Waals surface area (Å²) in [4.78, 5) is 29.7. The summed E-state index contributed by atoms with van der Waals surface area (Å²) < 4.78 is 0. The van der Waals surface area contributed by atoms with Crippen LogP contribution in [0.5, 0.6) is 0 Å². The lowest BCUT2D eigenvalue weighted by molar-refractivity contribution is -0.117. The molecule has 150 valence electrons. The average Bonchev–Trinajstić information content (AvgIpc) is 3.39. The fraction of sp³-hybridized carbons (Fsp3) is 0.391. The summed E-state index contributed by atoms with van der Waals surface area (Å²) in [6.45, 7) is 3.65. The maximum absolute atomic E-state index is 12.8. The van der Waals surface area contributed by atoms with Crippen molar-refractivity contribution in [2.24, 2.45) is 0 Å². The monoisotopic (exact) mass is 390 g/mol. The summed E-state index contributed by atoms with van der Waals surface area (Å²) in [6, 6.07) is 16.2. The molecule has 2 saturated heterocycles. The summed E-state index contributed by atoms with van der Waals surface area (Å²) >= 11 is 0. The van der Waals surface area contributed by atoms with Crippen molar-refractivity contribution in [1.29, 1.82) is 0 Å². The average molecular weight is 390 g/mol. The van der Waals surface area contributed by atoms with Crippen LogP contribution < -0.4 is 15.5 Å². The van der Waals surface area contributed by atoms with Crippen LogP contribution in [0.1, 0.15) is 35.2 Å². The van der Waals surface area contributed by atoms with Gasteiger partial charge in [-0.3, -0.25) is 14.5 Å². The minimum Gasteiger partial charge on any atom is -0.358 e. The van der Waals surface area contributed by atoms with Gasteiger partial charge in [0.2, 0.25) is 5.91 Å². The first-order valence-corrected chi connectivity index (χ1v) is 10.5. The summed E-state index contributed by atoms with van der Waals surface area (Å²) in [6.07, 6.45) is 2.88. The number of benzene rings is 2. The predicted molar refractivity (Wildman–Crippen MR) is 113 cm³/mol. The molecule has 6 heteroatoms. The molecule has 3 aliphatic rings. The van der Waals surface area contributed by atoms with Crippen LogP contribution in [0.2, 0.25) is 0 Å². The van der Waals surface area contributed by atoms with E-state index < -0.39 is 0 Å². The summed E-state index contributed by atoms with van der Waals surface area (Å²) in [5.74, 6) is -0.0305. The van der Waals surface area contributed by atoms with Gasteiger partial charge in [-0.25, -0.2) is 0 Å². The first kappa shape index (κ1) is 18.2. The molecule has 0 saturated carbocycles. The molecule has 0 aromatic heterocycles. The lowest BCUT2D eigenvalue weighted by Gasteiger charge is -2.33. The van der Waals surface area contributed by atoms with Crippen molar-refractivity contribution in [1.82, 2.24) is 10.2 Å². The molecule has 0 aliphatic carbocycles. The van der Waals surface area contributed by atoms with Crippen LogP contribution in [0, 0.1) is 0 Å². The molecule has 0 radical (unpaired) electrons. The molecule has 2 aromatic rings. The van der Waals surface area contributed by atoms with Crippen LogP contribution >= 0.6 is 0 Å². The Morgan fingerprint density at radius 2 is 1.97 bits per heavy atom. The highest BCUT2D eigenvalue weighted by atomic mass is 16.2. The normalized spacial score (nSPS) is 23.4. The Bertz CT molecular complexity index is 930. The number of rotatable bonds is 4. The van der Waals surface area contributed by atoms with Gasteiger partial charge in [0, 0.05) is 37.8 Å². The molecule has 2 fully saturated rings. The van der Waals surface area contributed by atoms with Crippen molar-refractivity contribution in [3.8, 4) is 0 Å². The van der Waals surface area contributed by atoms with Crippen LogP contribution in [0.4, 0.5) is 11.4 Å². The number of fused-ring (bicyclic) bond motifs is 3. The van der Waals surface area contributed by atoms with Gasteiger partial charge < -0.3 is 15.5 Å². The van der Waals surface area contributed by atoms with Crippen molar-refractivity contribution >= 4 is 23.2 Å². The lowest BCUT2D eigenvalue weighted by atomic mass is 10.1. The summed E-state index contributed by atoms with van der Waals surface area (Å²) in [5.41, 5.74) is 3.67. The number of nitrogens with zero attached hydrogens (tertiary/aromatic N) is 2. The standard InChI is InChI=1S/C23H26N4O2/c28-22(24-18-10-12-26(15-18)14-16-5-2-1-3-6-16)17-8-9-20-19(13-17)25-23(29)21-7-4-11-27(20)21/h1-3,5-6,8-9,13,18,21H,4,7,10-12,14-15H2,(H,24,28)(H,25,29)/t18-,21-/m1/s1. The number of hydrogen-bond acceptors (Lipinski definition) is 4. The van der Waals surface area contributed by atoms with Gasteiger partial charge in [-0.2, -0.15) is 0 Å². The number of nitrogens with one attached hydrogen (secondary N) is 2.